The van der Waals surface area contributed by atoms with Gasteiger partial charge in [0, 0.05) is 44.1 Å². The van der Waals surface area contributed by atoms with Crippen LogP contribution in [0.25, 0.3) is 28.9 Å². The molecule has 0 aliphatic rings. The minimum Gasteiger partial charge on any atom is -0.378 e. The predicted molar refractivity (Wildman–Crippen MR) is 118 cm³/mol. The first-order valence-corrected chi connectivity index (χ1v) is 9.46. The van der Waals surface area contributed by atoms with Crippen molar-refractivity contribution in [3.8, 4) is 5.69 Å². The first kappa shape index (κ1) is 17.9. The SMILES string of the molecule is Cc1nc2ccccc2[n+](-c2ccccc2)c1/C=C/c1ccc(N(C)C)cc1. The molecule has 4 rings (SSSR count). The Balaban J connectivity index is 1.85. The van der Waals surface area contributed by atoms with E-state index in [1.54, 1.807) is 0 Å². The topological polar surface area (TPSA) is 20.0 Å². The molecule has 0 saturated carbocycles. The lowest BCUT2D eigenvalue weighted by molar-refractivity contribution is -0.570. The van der Waals surface area contributed by atoms with E-state index in [0.29, 0.717) is 0 Å². The first-order chi connectivity index (χ1) is 13.6. The van der Waals surface area contributed by atoms with Gasteiger partial charge in [-0.1, -0.05) is 42.5 Å². The van der Waals surface area contributed by atoms with Crippen LogP contribution in [0.1, 0.15) is 17.0 Å². The maximum atomic E-state index is 4.83. The molecule has 1 aromatic heterocycles. The fraction of sp³-hybridized carbons (Fsp3) is 0.120. The maximum Gasteiger partial charge on any atom is 0.237 e. The number of hydrogen-bond donors (Lipinski definition) is 0. The summed E-state index contributed by atoms with van der Waals surface area (Å²) in [5, 5.41) is 0. The Kier molecular flexibility index (Phi) is 4.90. The Labute approximate surface area is 166 Å². The summed E-state index contributed by atoms with van der Waals surface area (Å²) in [6, 6.07) is 27.3. The van der Waals surface area contributed by atoms with Gasteiger partial charge in [-0.25, -0.2) is 4.98 Å². The summed E-state index contributed by atoms with van der Waals surface area (Å²) >= 11 is 0. The lowest BCUT2D eigenvalue weighted by atomic mass is 10.1. The fourth-order valence-corrected chi connectivity index (χ4v) is 3.39. The van der Waals surface area contributed by atoms with Crippen molar-refractivity contribution >= 4 is 28.9 Å². The Morgan fingerprint density at radius 2 is 1.46 bits per heavy atom. The molecule has 0 saturated heterocycles. The van der Waals surface area contributed by atoms with Crippen molar-refractivity contribution < 1.29 is 4.57 Å². The van der Waals surface area contributed by atoms with Gasteiger partial charge in [0.1, 0.15) is 11.2 Å². The molecular weight excluding hydrogens is 342 g/mol. The minimum absolute atomic E-state index is 0.997. The van der Waals surface area contributed by atoms with Crippen LogP contribution in [0, 0.1) is 6.92 Å². The minimum atomic E-state index is 0.997. The predicted octanol–water partition coefficient (Wildman–Crippen LogP) is 5.06. The molecule has 28 heavy (non-hydrogen) atoms. The number of aromatic nitrogens is 2. The van der Waals surface area contributed by atoms with Crippen molar-refractivity contribution in [1.82, 2.24) is 4.98 Å². The zero-order valence-corrected chi connectivity index (χ0v) is 16.5. The highest BCUT2D eigenvalue weighted by molar-refractivity contribution is 5.75. The third-order valence-electron chi connectivity index (χ3n) is 4.88. The second kappa shape index (κ2) is 7.65. The van der Waals surface area contributed by atoms with E-state index in [2.05, 4.69) is 109 Å². The average molecular weight is 366 g/mol. The molecule has 0 amide bonds. The van der Waals surface area contributed by atoms with Crippen LogP contribution in [0.5, 0.6) is 0 Å². The molecule has 3 aromatic carbocycles. The lowest BCUT2D eigenvalue weighted by Gasteiger charge is -2.11. The van der Waals surface area contributed by atoms with Crippen LogP contribution in [0.4, 0.5) is 5.69 Å². The number of benzene rings is 3. The molecule has 0 aliphatic heterocycles. The molecule has 0 radical (unpaired) electrons. The largest absolute Gasteiger partial charge is 0.378 e. The molecular formula is C25H24N3+. The highest BCUT2D eigenvalue weighted by Gasteiger charge is 2.20. The van der Waals surface area contributed by atoms with Crippen LogP contribution >= 0.6 is 0 Å². The number of fused-ring (bicyclic) bond motifs is 1. The molecule has 4 aromatic rings. The van der Waals surface area contributed by atoms with E-state index in [1.807, 2.05) is 12.1 Å². The number of rotatable bonds is 4. The van der Waals surface area contributed by atoms with Crippen LogP contribution < -0.4 is 9.47 Å². The molecule has 0 bridgehead atoms. The van der Waals surface area contributed by atoms with Crippen molar-refractivity contribution in [3.05, 3.63) is 95.8 Å². The summed E-state index contributed by atoms with van der Waals surface area (Å²) in [5.41, 5.74) is 7.67. The van der Waals surface area contributed by atoms with Crippen molar-refractivity contribution in [2.24, 2.45) is 0 Å². The molecule has 3 heteroatoms. The van der Waals surface area contributed by atoms with Crippen LogP contribution in [0.3, 0.4) is 0 Å². The summed E-state index contributed by atoms with van der Waals surface area (Å²) in [6.45, 7) is 2.07. The molecule has 1 heterocycles. The molecule has 138 valence electrons. The van der Waals surface area contributed by atoms with Gasteiger partial charge in [-0.05, 0) is 36.8 Å². The highest BCUT2D eigenvalue weighted by Crippen LogP contribution is 2.18. The van der Waals surface area contributed by atoms with Crippen LogP contribution in [0.2, 0.25) is 0 Å². The Morgan fingerprint density at radius 3 is 2.18 bits per heavy atom. The zero-order valence-electron chi connectivity index (χ0n) is 16.5. The summed E-state index contributed by atoms with van der Waals surface area (Å²) < 4.78 is 2.28. The summed E-state index contributed by atoms with van der Waals surface area (Å²) in [5.74, 6) is 0. The summed E-state index contributed by atoms with van der Waals surface area (Å²) in [6.07, 6.45) is 4.31. The van der Waals surface area contributed by atoms with Crippen LogP contribution in [-0.2, 0) is 0 Å². The van der Waals surface area contributed by atoms with Crippen molar-refractivity contribution in [2.75, 3.05) is 19.0 Å². The van der Waals surface area contributed by atoms with Crippen molar-refractivity contribution in [2.45, 2.75) is 6.92 Å². The second-order valence-corrected chi connectivity index (χ2v) is 7.06. The van der Waals surface area contributed by atoms with Crippen LogP contribution in [-0.4, -0.2) is 19.1 Å². The summed E-state index contributed by atoms with van der Waals surface area (Å²) in [4.78, 5) is 6.94. The van der Waals surface area contributed by atoms with Gasteiger partial charge in [-0.3, -0.25) is 0 Å². The van der Waals surface area contributed by atoms with Crippen molar-refractivity contribution in [1.29, 1.82) is 0 Å². The monoisotopic (exact) mass is 366 g/mol. The van der Waals surface area contributed by atoms with Gasteiger partial charge in [0.15, 0.2) is 0 Å². The third kappa shape index (κ3) is 3.52. The fourth-order valence-electron chi connectivity index (χ4n) is 3.39. The van der Waals surface area contributed by atoms with E-state index in [0.717, 1.165) is 33.7 Å². The maximum absolute atomic E-state index is 4.83. The number of para-hydroxylation sites is 3. The van der Waals surface area contributed by atoms with Gasteiger partial charge >= 0.3 is 0 Å². The normalized spacial score (nSPS) is 11.2. The Hall–Kier alpha value is -3.46. The molecule has 3 nitrogen and oxygen atoms in total. The standard InChI is InChI=1S/C25H24N3/c1-19-24(18-15-20-13-16-21(17-14-20)27(2)3)28(22-9-5-4-6-10-22)25-12-8-7-11-23(25)26-19/h4-18H,1-3H3/q+1. The van der Waals surface area contributed by atoms with Gasteiger partial charge in [0.25, 0.3) is 0 Å². The van der Waals surface area contributed by atoms with E-state index in [1.165, 1.54) is 5.69 Å². The smallest absolute Gasteiger partial charge is 0.237 e. The zero-order chi connectivity index (χ0) is 19.5. The Bertz CT molecular complexity index is 1130. The van der Waals surface area contributed by atoms with Gasteiger partial charge in [-0.15, -0.1) is 0 Å². The molecule has 0 spiro atoms. The van der Waals surface area contributed by atoms with E-state index >= 15 is 0 Å². The Morgan fingerprint density at radius 1 is 0.786 bits per heavy atom. The van der Waals surface area contributed by atoms with E-state index in [4.69, 9.17) is 4.98 Å². The van der Waals surface area contributed by atoms with E-state index in [-0.39, 0.29) is 0 Å². The molecule has 0 unspecified atom stereocenters. The van der Waals surface area contributed by atoms with E-state index < -0.39 is 0 Å². The number of aryl methyl sites for hydroxylation is 1. The molecule has 0 fully saturated rings. The van der Waals surface area contributed by atoms with Gasteiger partial charge < -0.3 is 4.90 Å². The first-order valence-electron chi connectivity index (χ1n) is 9.46. The quantitative estimate of drug-likeness (QED) is 0.471. The molecule has 0 atom stereocenters. The highest BCUT2D eigenvalue weighted by atomic mass is 15.1. The molecule has 0 N–H and O–H groups in total. The lowest BCUT2D eigenvalue weighted by Crippen LogP contribution is -2.36. The summed E-state index contributed by atoms with van der Waals surface area (Å²) in [7, 11) is 4.11. The van der Waals surface area contributed by atoms with Gasteiger partial charge in [0.2, 0.25) is 16.9 Å². The second-order valence-electron chi connectivity index (χ2n) is 7.06. The number of nitrogens with zero attached hydrogens (tertiary/aromatic N) is 3. The van der Waals surface area contributed by atoms with Gasteiger partial charge in [0.05, 0.1) is 0 Å². The average Bonchev–Trinajstić information content (AvgIpc) is 2.72. The van der Waals surface area contributed by atoms with Crippen LogP contribution in [0.15, 0.2) is 78.9 Å². The van der Waals surface area contributed by atoms with Crippen molar-refractivity contribution in [3.63, 3.8) is 0 Å². The third-order valence-corrected chi connectivity index (χ3v) is 4.88. The number of anilines is 1. The van der Waals surface area contributed by atoms with E-state index in [9.17, 15) is 0 Å². The van der Waals surface area contributed by atoms with Gasteiger partial charge in [-0.2, -0.15) is 4.57 Å². The number of hydrogen-bond acceptors (Lipinski definition) is 2. The molecule has 0 aliphatic carbocycles.